The molecule has 0 radical (unpaired) electrons. The molecule has 2 N–H and O–H groups in total. The number of aliphatic hydroxyl groups excluding tert-OH is 1. The number of amides is 1. The lowest BCUT2D eigenvalue weighted by Crippen LogP contribution is -2.32. The molecule has 7 nitrogen and oxygen atoms in total. The molecule has 0 aliphatic rings. The van der Waals surface area contributed by atoms with Crippen LogP contribution in [-0.2, 0) is 11.3 Å². The van der Waals surface area contributed by atoms with E-state index in [0.717, 1.165) is 11.1 Å². The van der Waals surface area contributed by atoms with E-state index in [9.17, 15) is 14.7 Å². The monoisotopic (exact) mass is 529 g/mol. The minimum absolute atomic E-state index is 0.147. The molecule has 0 aliphatic heterocycles. The van der Waals surface area contributed by atoms with Crippen molar-refractivity contribution in [1.29, 1.82) is 0 Å². The van der Waals surface area contributed by atoms with E-state index in [0.29, 0.717) is 41.6 Å². The van der Waals surface area contributed by atoms with Gasteiger partial charge >= 0.3 is 5.97 Å². The number of nitrogens with one attached hydrogen (secondary N) is 1. The van der Waals surface area contributed by atoms with Gasteiger partial charge in [-0.1, -0.05) is 67.6 Å². The third-order valence-corrected chi connectivity index (χ3v) is 7.01. The van der Waals surface area contributed by atoms with Crippen molar-refractivity contribution in [3.05, 3.63) is 118 Å². The van der Waals surface area contributed by atoms with Gasteiger partial charge in [0.2, 0.25) is 0 Å². The van der Waals surface area contributed by atoms with E-state index < -0.39 is 6.10 Å². The second-order valence-electron chi connectivity index (χ2n) is 9.11. The number of hydrogen-bond acceptors (Lipinski definition) is 7. The molecule has 1 aromatic heterocycles. The Bertz CT molecular complexity index is 1330. The Morgan fingerprint density at radius 2 is 1.61 bits per heavy atom. The smallest absolute Gasteiger partial charge is 0.337 e. The number of methoxy groups -OCH3 is 1. The number of nitrogens with zero attached hydrogens (tertiary/aromatic N) is 2. The summed E-state index contributed by atoms with van der Waals surface area (Å²) < 4.78 is 4.80. The maximum absolute atomic E-state index is 12.5. The SMILES string of the molecule is COC(=O)c1ccc(C(C)CN(Cc2ccccc2)CC(O)c2csc(NC(=O)c3ccccc3)n2)cc1. The van der Waals surface area contributed by atoms with Gasteiger partial charge in [-0.3, -0.25) is 15.0 Å². The molecule has 2 unspecified atom stereocenters. The zero-order valence-corrected chi connectivity index (χ0v) is 22.2. The molecule has 4 rings (SSSR count). The fourth-order valence-corrected chi connectivity index (χ4v) is 4.95. The molecule has 196 valence electrons. The largest absolute Gasteiger partial charge is 0.465 e. The number of esters is 1. The molecular weight excluding hydrogens is 498 g/mol. The first-order valence-corrected chi connectivity index (χ1v) is 13.3. The first kappa shape index (κ1) is 27.2. The van der Waals surface area contributed by atoms with Crippen molar-refractivity contribution >= 4 is 28.3 Å². The van der Waals surface area contributed by atoms with Crippen LogP contribution in [0.3, 0.4) is 0 Å². The fraction of sp³-hybridized carbons (Fsp3) is 0.233. The van der Waals surface area contributed by atoms with E-state index in [-0.39, 0.29) is 17.8 Å². The molecule has 8 heteroatoms. The van der Waals surface area contributed by atoms with E-state index >= 15 is 0 Å². The lowest BCUT2D eigenvalue weighted by atomic mass is 9.98. The fourth-order valence-electron chi connectivity index (χ4n) is 4.20. The Balaban J connectivity index is 1.44. The minimum Gasteiger partial charge on any atom is -0.465 e. The average molecular weight is 530 g/mol. The van der Waals surface area contributed by atoms with Crippen LogP contribution in [0.2, 0.25) is 0 Å². The zero-order valence-electron chi connectivity index (χ0n) is 21.4. The first-order valence-electron chi connectivity index (χ1n) is 12.4. The topological polar surface area (TPSA) is 91.8 Å². The molecule has 1 heterocycles. The second-order valence-corrected chi connectivity index (χ2v) is 9.97. The van der Waals surface area contributed by atoms with Gasteiger partial charge in [0.05, 0.1) is 18.4 Å². The molecule has 1 amide bonds. The predicted molar refractivity (Wildman–Crippen MR) is 149 cm³/mol. The summed E-state index contributed by atoms with van der Waals surface area (Å²) in [6.07, 6.45) is -0.828. The van der Waals surface area contributed by atoms with Crippen LogP contribution < -0.4 is 5.32 Å². The third kappa shape index (κ3) is 7.35. The van der Waals surface area contributed by atoms with Gasteiger partial charge in [-0.25, -0.2) is 9.78 Å². The van der Waals surface area contributed by atoms with Gasteiger partial charge in [0.25, 0.3) is 5.91 Å². The van der Waals surface area contributed by atoms with Crippen LogP contribution >= 0.6 is 11.3 Å². The van der Waals surface area contributed by atoms with Gasteiger partial charge in [-0.05, 0) is 41.3 Å². The van der Waals surface area contributed by atoms with Crippen molar-refractivity contribution < 1.29 is 19.4 Å². The second kappa shape index (κ2) is 13.1. The molecule has 0 saturated heterocycles. The summed E-state index contributed by atoms with van der Waals surface area (Å²) in [5.41, 5.74) is 3.81. The van der Waals surface area contributed by atoms with Crippen molar-refractivity contribution in [3.8, 4) is 0 Å². The number of thiazole rings is 1. The van der Waals surface area contributed by atoms with E-state index in [2.05, 4.69) is 34.3 Å². The van der Waals surface area contributed by atoms with E-state index in [1.165, 1.54) is 18.4 Å². The normalized spacial score (nSPS) is 12.6. The molecule has 3 aromatic carbocycles. The highest BCUT2D eigenvalue weighted by molar-refractivity contribution is 7.14. The maximum atomic E-state index is 12.5. The molecule has 0 bridgehead atoms. The van der Waals surface area contributed by atoms with Gasteiger partial charge in [-0.15, -0.1) is 11.3 Å². The minimum atomic E-state index is -0.828. The predicted octanol–water partition coefficient (Wildman–Crippen LogP) is 5.52. The first-order chi connectivity index (χ1) is 18.4. The van der Waals surface area contributed by atoms with Gasteiger partial charge in [0, 0.05) is 30.6 Å². The van der Waals surface area contributed by atoms with Crippen molar-refractivity contribution in [3.63, 3.8) is 0 Å². The highest BCUT2D eigenvalue weighted by Gasteiger charge is 2.20. The van der Waals surface area contributed by atoms with Gasteiger partial charge in [0.15, 0.2) is 5.13 Å². The molecule has 0 aliphatic carbocycles. The average Bonchev–Trinajstić information content (AvgIpc) is 3.42. The molecular formula is C30H31N3O4S. The van der Waals surface area contributed by atoms with Crippen LogP contribution in [0.1, 0.15) is 56.5 Å². The Morgan fingerprint density at radius 1 is 0.947 bits per heavy atom. The highest BCUT2D eigenvalue weighted by Crippen LogP contribution is 2.25. The molecule has 0 saturated carbocycles. The Labute approximate surface area is 226 Å². The molecule has 0 fully saturated rings. The number of carbonyl (C=O) groups excluding carboxylic acids is 2. The third-order valence-electron chi connectivity index (χ3n) is 6.23. The number of aliphatic hydroxyl groups is 1. The van der Waals surface area contributed by atoms with Crippen molar-refractivity contribution in [2.45, 2.75) is 25.5 Å². The van der Waals surface area contributed by atoms with Crippen LogP contribution in [0, 0.1) is 0 Å². The van der Waals surface area contributed by atoms with Crippen LogP contribution in [-0.4, -0.2) is 47.1 Å². The van der Waals surface area contributed by atoms with Crippen molar-refractivity contribution in [2.75, 3.05) is 25.5 Å². The lowest BCUT2D eigenvalue weighted by molar-refractivity contribution is 0.0600. The number of anilines is 1. The summed E-state index contributed by atoms with van der Waals surface area (Å²) in [5.74, 6) is -0.451. The zero-order chi connectivity index (χ0) is 26.9. The van der Waals surface area contributed by atoms with Gasteiger partial charge in [0.1, 0.15) is 6.10 Å². The van der Waals surface area contributed by atoms with Crippen LogP contribution in [0.4, 0.5) is 5.13 Å². The van der Waals surface area contributed by atoms with Gasteiger partial charge < -0.3 is 9.84 Å². The standard InChI is InChI=1S/C30H31N3O4S/c1-21(23-13-15-25(16-14-23)29(36)37-2)17-33(18-22-9-5-3-6-10-22)19-27(34)26-20-38-30(31-26)32-28(35)24-11-7-4-8-12-24/h3-16,20-21,27,34H,17-19H2,1-2H3,(H,31,32,35). The molecule has 2 atom stereocenters. The summed E-state index contributed by atoms with van der Waals surface area (Å²) in [7, 11) is 1.37. The summed E-state index contributed by atoms with van der Waals surface area (Å²) in [4.78, 5) is 30.9. The van der Waals surface area contributed by atoms with Crippen LogP contribution in [0.15, 0.2) is 90.3 Å². The number of rotatable bonds is 11. The van der Waals surface area contributed by atoms with E-state index in [1.807, 2.05) is 48.5 Å². The number of benzene rings is 3. The van der Waals surface area contributed by atoms with E-state index in [1.54, 1.807) is 29.6 Å². The van der Waals surface area contributed by atoms with Crippen molar-refractivity contribution in [1.82, 2.24) is 9.88 Å². The number of ether oxygens (including phenoxy) is 1. The number of hydrogen-bond donors (Lipinski definition) is 2. The van der Waals surface area contributed by atoms with Gasteiger partial charge in [-0.2, -0.15) is 0 Å². The Morgan fingerprint density at radius 3 is 2.26 bits per heavy atom. The molecule has 0 spiro atoms. The molecule has 38 heavy (non-hydrogen) atoms. The Hall–Kier alpha value is -3.85. The van der Waals surface area contributed by atoms with Crippen LogP contribution in [0.25, 0.3) is 0 Å². The van der Waals surface area contributed by atoms with Crippen LogP contribution in [0.5, 0.6) is 0 Å². The summed E-state index contributed by atoms with van der Waals surface area (Å²) >= 11 is 1.29. The summed E-state index contributed by atoms with van der Waals surface area (Å²) in [5, 5.41) is 16.1. The summed E-state index contributed by atoms with van der Waals surface area (Å²) in [6.45, 7) is 3.84. The molecule has 4 aromatic rings. The highest BCUT2D eigenvalue weighted by atomic mass is 32.1. The number of aromatic nitrogens is 1. The Kier molecular flexibility index (Phi) is 9.37. The number of carbonyl (C=O) groups is 2. The maximum Gasteiger partial charge on any atom is 0.337 e. The van der Waals surface area contributed by atoms with Crippen molar-refractivity contribution in [2.24, 2.45) is 0 Å². The summed E-state index contributed by atoms with van der Waals surface area (Å²) in [6, 6.07) is 26.5. The quantitative estimate of drug-likeness (QED) is 0.249. The van der Waals surface area contributed by atoms with E-state index in [4.69, 9.17) is 4.74 Å². The lowest BCUT2D eigenvalue weighted by Gasteiger charge is -2.28.